The third kappa shape index (κ3) is 3.70. The Kier molecular flexibility index (Phi) is 6.31. The molecule has 0 radical (unpaired) electrons. The molecule has 0 spiro atoms. The van der Waals surface area contributed by atoms with Crippen LogP contribution >= 0.6 is 0 Å². The summed E-state index contributed by atoms with van der Waals surface area (Å²) in [5.41, 5.74) is 0.705. The van der Waals surface area contributed by atoms with Gasteiger partial charge in [-0.15, -0.1) is 0 Å². The molecule has 0 aliphatic rings. The average Bonchev–Trinajstić information content (AvgIpc) is 2.78. The van der Waals surface area contributed by atoms with Crippen molar-refractivity contribution in [2.45, 2.75) is 52.9 Å². The van der Waals surface area contributed by atoms with Gasteiger partial charge in [0.2, 0.25) is 0 Å². The van der Waals surface area contributed by atoms with Gasteiger partial charge in [0.25, 0.3) is 0 Å². The van der Waals surface area contributed by atoms with Crippen molar-refractivity contribution < 1.29 is 14.6 Å². The van der Waals surface area contributed by atoms with E-state index in [1.54, 1.807) is 18.0 Å². The van der Waals surface area contributed by atoms with Crippen molar-refractivity contribution >= 4 is 0 Å². The minimum absolute atomic E-state index is 0.213. The Labute approximate surface area is 115 Å². The normalized spacial score (nSPS) is 14.7. The van der Waals surface area contributed by atoms with E-state index in [4.69, 9.17) is 9.47 Å². The van der Waals surface area contributed by atoms with Gasteiger partial charge in [-0.3, -0.25) is 4.68 Å². The first kappa shape index (κ1) is 16.0. The number of aryl methyl sites for hydroxylation is 1. The predicted octanol–water partition coefficient (Wildman–Crippen LogP) is 2.40. The summed E-state index contributed by atoms with van der Waals surface area (Å²) in [6, 6.07) is 0. The molecule has 1 aromatic heterocycles. The van der Waals surface area contributed by atoms with Crippen molar-refractivity contribution in [3.8, 4) is 5.75 Å². The van der Waals surface area contributed by atoms with Crippen LogP contribution < -0.4 is 4.74 Å². The van der Waals surface area contributed by atoms with E-state index in [9.17, 15) is 5.11 Å². The second-order valence-corrected chi connectivity index (χ2v) is 4.93. The summed E-state index contributed by atoms with van der Waals surface area (Å²) in [6.45, 7) is 9.42. The first-order valence-corrected chi connectivity index (χ1v) is 6.96. The van der Waals surface area contributed by atoms with Crippen LogP contribution in [0.25, 0.3) is 0 Å². The summed E-state index contributed by atoms with van der Waals surface area (Å²) in [5.74, 6) is 0.830. The minimum Gasteiger partial charge on any atom is -0.493 e. The molecule has 19 heavy (non-hydrogen) atoms. The number of nitrogens with zero attached hydrogens (tertiary/aromatic N) is 2. The summed E-state index contributed by atoms with van der Waals surface area (Å²) in [5, 5.41) is 14.9. The van der Waals surface area contributed by atoms with E-state index in [2.05, 4.69) is 12.0 Å². The predicted molar refractivity (Wildman–Crippen MR) is 74.3 cm³/mol. The van der Waals surface area contributed by atoms with Crippen LogP contribution in [0.1, 0.15) is 45.9 Å². The molecule has 2 unspecified atom stereocenters. The molecule has 0 saturated carbocycles. The number of ether oxygens (including phenoxy) is 2. The number of rotatable bonds is 8. The molecule has 0 aliphatic carbocycles. The smallest absolute Gasteiger partial charge is 0.162 e. The molecule has 0 bridgehead atoms. The fourth-order valence-electron chi connectivity index (χ4n) is 2.22. The van der Waals surface area contributed by atoms with Gasteiger partial charge < -0.3 is 14.6 Å². The number of hydrogen-bond acceptors (Lipinski definition) is 4. The van der Waals surface area contributed by atoms with E-state index < -0.39 is 6.10 Å². The SMILES string of the molecule is CCCn1ncc(OC)c1C(O)C(OCC)C(C)C. The van der Waals surface area contributed by atoms with Crippen LogP contribution in [-0.4, -0.2) is 34.7 Å². The lowest BCUT2D eigenvalue weighted by molar-refractivity contribution is -0.0624. The fourth-order valence-corrected chi connectivity index (χ4v) is 2.22. The van der Waals surface area contributed by atoms with Crippen LogP contribution in [0.4, 0.5) is 0 Å². The molecule has 0 saturated heterocycles. The van der Waals surface area contributed by atoms with Gasteiger partial charge in [-0.25, -0.2) is 0 Å². The Morgan fingerprint density at radius 2 is 2.05 bits per heavy atom. The van der Waals surface area contributed by atoms with Gasteiger partial charge in [0.1, 0.15) is 11.8 Å². The van der Waals surface area contributed by atoms with Crippen molar-refractivity contribution in [2.75, 3.05) is 13.7 Å². The van der Waals surface area contributed by atoms with Crippen molar-refractivity contribution in [3.63, 3.8) is 0 Å². The number of methoxy groups -OCH3 is 1. The Morgan fingerprint density at radius 3 is 2.53 bits per heavy atom. The van der Waals surface area contributed by atoms with E-state index in [-0.39, 0.29) is 12.0 Å². The molecule has 0 aliphatic heterocycles. The molecule has 1 aromatic rings. The molecule has 0 amide bonds. The van der Waals surface area contributed by atoms with Crippen molar-refractivity contribution in [1.29, 1.82) is 0 Å². The summed E-state index contributed by atoms with van der Waals surface area (Å²) in [4.78, 5) is 0. The summed E-state index contributed by atoms with van der Waals surface area (Å²) in [6.07, 6.45) is 1.61. The molecule has 0 fully saturated rings. The number of aromatic nitrogens is 2. The zero-order valence-electron chi connectivity index (χ0n) is 12.6. The molecule has 5 nitrogen and oxygen atoms in total. The number of aliphatic hydroxyl groups is 1. The topological polar surface area (TPSA) is 56.5 Å². The quantitative estimate of drug-likeness (QED) is 0.788. The van der Waals surface area contributed by atoms with Gasteiger partial charge in [-0.1, -0.05) is 20.8 Å². The van der Waals surface area contributed by atoms with Crippen LogP contribution in [-0.2, 0) is 11.3 Å². The highest BCUT2D eigenvalue weighted by molar-refractivity contribution is 5.28. The maximum Gasteiger partial charge on any atom is 0.162 e. The van der Waals surface area contributed by atoms with Crippen LogP contribution in [0.15, 0.2) is 6.20 Å². The van der Waals surface area contributed by atoms with Gasteiger partial charge in [0.05, 0.1) is 19.4 Å². The summed E-state index contributed by atoms with van der Waals surface area (Å²) < 4.78 is 12.8. The second kappa shape index (κ2) is 7.50. The Hall–Kier alpha value is -1.07. The minimum atomic E-state index is -0.732. The lowest BCUT2D eigenvalue weighted by Gasteiger charge is -2.27. The van der Waals surface area contributed by atoms with Gasteiger partial charge in [0.15, 0.2) is 5.75 Å². The number of hydrogen-bond donors (Lipinski definition) is 1. The van der Waals surface area contributed by atoms with E-state index in [1.807, 2.05) is 20.8 Å². The molecule has 110 valence electrons. The summed E-state index contributed by atoms with van der Waals surface area (Å²) in [7, 11) is 1.59. The van der Waals surface area contributed by atoms with Crippen molar-refractivity contribution in [3.05, 3.63) is 11.9 Å². The van der Waals surface area contributed by atoms with Gasteiger partial charge in [0, 0.05) is 13.2 Å². The molecular formula is C14H26N2O3. The third-order valence-corrected chi connectivity index (χ3v) is 3.11. The Bertz CT molecular complexity index is 377. The lowest BCUT2D eigenvalue weighted by atomic mass is 9.99. The molecule has 1 N–H and O–H groups in total. The van der Waals surface area contributed by atoms with Crippen LogP contribution in [0.2, 0.25) is 0 Å². The third-order valence-electron chi connectivity index (χ3n) is 3.11. The van der Waals surface area contributed by atoms with Crippen molar-refractivity contribution in [1.82, 2.24) is 9.78 Å². The highest BCUT2D eigenvalue weighted by Crippen LogP contribution is 2.31. The molecule has 2 atom stereocenters. The summed E-state index contributed by atoms with van der Waals surface area (Å²) >= 11 is 0. The average molecular weight is 270 g/mol. The fraction of sp³-hybridized carbons (Fsp3) is 0.786. The van der Waals surface area contributed by atoms with Crippen LogP contribution in [0.3, 0.4) is 0 Å². The zero-order valence-corrected chi connectivity index (χ0v) is 12.6. The first-order valence-electron chi connectivity index (χ1n) is 6.96. The van der Waals surface area contributed by atoms with E-state index in [0.29, 0.717) is 18.1 Å². The van der Waals surface area contributed by atoms with E-state index in [0.717, 1.165) is 13.0 Å². The molecule has 5 heteroatoms. The van der Waals surface area contributed by atoms with Gasteiger partial charge in [-0.2, -0.15) is 5.10 Å². The van der Waals surface area contributed by atoms with Crippen molar-refractivity contribution in [2.24, 2.45) is 5.92 Å². The lowest BCUT2D eigenvalue weighted by Crippen LogP contribution is -2.30. The zero-order chi connectivity index (χ0) is 14.4. The molecule has 0 aromatic carbocycles. The standard InChI is InChI=1S/C14H26N2O3/c1-6-8-16-12(11(18-5)9-15-16)13(17)14(10(3)4)19-7-2/h9-10,13-14,17H,6-8H2,1-5H3. The molecule has 1 rings (SSSR count). The highest BCUT2D eigenvalue weighted by atomic mass is 16.5. The first-order chi connectivity index (χ1) is 9.06. The van der Waals surface area contributed by atoms with Gasteiger partial charge in [-0.05, 0) is 19.3 Å². The Balaban J connectivity index is 3.06. The second-order valence-electron chi connectivity index (χ2n) is 4.93. The Morgan fingerprint density at radius 1 is 1.37 bits per heavy atom. The largest absolute Gasteiger partial charge is 0.493 e. The molecule has 1 heterocycles. The van der Waals surface area contributed by atoms with E-state index in [1.165, 1.54) is 0 Å². The van der Waals surface area contributed by atoms with Crippen LogP contribution in [0, 0.1) is 5.92 Å². The monoisotopic (exact) mass is 270 g/mol. The van der Waals surface area contributed by atoms with Crippen LogP contribution in [0.5, 0.6) is 5.75 Å². The number of aliphatic hydroxyl groups excluding tert-OH is 1. The maximum atomic E-state index is 10.6. The maximum absolute atomic E-state index is 10.6. The highest BCUT2D eigenvalue weighted by Gasteiger charge is 2.30. The molecular weight excluding hydrogens is 244 g/mol. The van der Waals surface area contributed by atoms with Gasteiger partial charge >= 0.3 is 0 Å². The van der Waals surface area contributed by atoms with E-state index >= 15 is 0 Å².